The lowest BCUT2D eigenvalue weighted by Gasteiger charge is -2.21. The minimum Gasteiger partial charge on any atom is -0.477 e. The second-order valence-corrected chi connectivity index (χ2v) is 8.61. The number of carbonyl (C=O) groups is 2. The number of rotatable bonds is 8. The molecule has 1 fully saturated rings. The van der Waals surface area contributed by atoms with E-state index in [4.69, 9.17) is 16.9 Å². The molecule has 4 rings (SSSR count). The van der Waals surface area contributed by atoms with E-state index in [-0.39, 0.29) is 48.0 Å². The van der Waals surface area contributed by atoms with Gasteiger partial charge in [-0.15, -0.1) is 0 Å². The average molecular weight is 490 g/mol. The maximum absolute atomic E-state index is 12.9. The lowest BCUT2D eigenvalue weighted by atomic mass is 9.94. The fourth-order valence-corrected chi connectivity index (χ4v) is 3.84. The lowest BCUT2D eigenvalue weighted by molar-refractivity contribution is -0.120. The number of anilines is 1. The van der Waals surface area contributed by atoms with Crippen molar-refractivity contribution in [3.8, 4) is 11.1 Å². The summed E-state index contributed by atoms with van der Waals surface area (Å²) in [5.41, 5.74) is 13.8. The molecule has 0 unspecified atom stereocenters. The molecule has 0 bridgehead atoms. The van der Waals surface area contributed by atoms with E-state index in [9.17, 15) is 19.9 Å². The molecule has 1 aliphatic rings. The normalized spacial score (nSPS) is 13.7. The number of amides is 1. The van der Waals surface area contributed by atoms with Crippen molar-refractivity contribution >= 4 is 23.5 Å². The van der Waals surface area contributed by atoms with Crippen LogP contribution in [0, 0.1) is 5.41 Å². The van der Waals surface area contributed by atoms with Gasteiger partial charge in [0.25, 0.3) is 0 Å². The molecular formula is C25H27N7O4. The molecule has 0 atom stereocenters. The van der Waals surface area contributed by atoms with Gasteiger partial charge in [0.05, 0.1) is 18.2 Å². The zero-order valence-electron chi connectivity index (χ0n) is 19.4. The number of pyridine rings is 2. The number of hydrogen-bond acceptors (Lipinski definition) is 7. The average Bonchev–Trinajstić information content (AvgIpc) is 2.82. The standard InChI is InChI=1S/C25H27N7O4/c26-21-11-16(10-19(31-21)25(34)35)18-8-9-22(30-17-2-1-3-17)32(36)20(18)12-23(33)29-13-14-4-6-15(7-5-14)24(27)28/h4-11,17,36H,1-3,12-13H2,(H2,26,31)(H3,27,28)(H,29,33)(H,34,35). The minimum atomic E-state index is -1.24. The van der Waals surface area contributed by atoms with Crippen LogP contribution in [0.2, 0.25) is 0 Å². The summed E-state index contributed by atoms with van der Waals surface area (Å²) >= 11 is 0. The van der Waals surface area contributed by atoms with Crippen molar-refractivity contribution < 1.29 is 19.9 Å². The highest BCUT2D eigenvalue weighted by Crippen LogP contribution is 2.26. The molecule has 186 valence electrons. The monoisotopic (exact) mass is 489 g/mol. The van der Waals surface area contributed by atoms with Crippen molar-refractivity contribution in [2.75, 3.05) is 5.73 Å². The van der Waals surface area contributed by atoms with Crippen molar-refractivity contribution in [3.63, 3.8) is 0 Å². The summed E-state index contributed by atoms with van der Waals surface area (Å²) in [4.78, 5) is 32.8. The first-order chi connectivity index (χ1) is 17.2. The molecule has 0 radical (unpaired) electrons. The van der Waals surface area contributed by atoms with E-state index >= 15 is 0 Å². The van der Waals surface area contributed by atoms with Crippen LogP contribution in [-0.4, -0.2) is 43.8 Å². The second-order valence-electron chi connectivity index (χ2n) is 8.61. The zero-order chi connectivity index (χ0) is 25.8. The van der Waals surface area contributed by atoms with Crippen molar-refractivity contribution in [1.82, 2.24) is 15.0 Å². The van der Waals surface area contributed by atoms with Crippen LogP contribution in [0.15, 0.2) is 53.5 Å². The van der Waals surface area contributed by atoms with E-state index in [0.29, 0.717) is 22.2 Å². The Hall–Kier alpha value is -4.67. The number of nitrogens with one attached hydrogen (secondary N) is 2. The maximum atomic E-state index is 12.9. The number of nitrogens with two attached hydrogens (primary N) is 2. The van der Waals surface area contributed by atoms with Crippen LogP contribution in [0.4, 0.5) is 5.82 Å². The van der Waals surface area contributed by atoms with Gasteiger partial charge >= 0.3 is 5.97 Å². The first-order valence-electron chi connectivity index (χ1n) is 11.4. The summed E-state index contributed by atoms with van der Waals surface area (Å²) in [6.07, 6.45) is 2.75. The van der Waals surface area contributed by atoms with Crippen LogP contribution < -0.4 is 22.3 Å². The third-order valence-corrected chi connectivity index (χ3v) is 6.03. The molecule has 1 aliphatic carbocycles. The SMILES string of the molecule is N=C(N)c1ccc(CNC(=O)Cc2c(-c3cc(N)nc(C(=O)O)c3)ccc(=NC3CCC3)n2O)cc1. The van der Waals surface area contributed by atoms with Crippen LogP contribution in [-0.2, 0) is 17.8 Å². The maximum Gasteiger partial charge on any atom is 0.354 e. The highest BCUT2D eigenvalue weighted by Gasteiger charge is 2.20. The Labute approximate surface area is 206 Å². The summed E-state index contributed by atoms with van der Waals surface area (Å²) in [6, 6.07) is 13.2. The number of nitrogen functional groups attached to an aromatic ring is 2. The topological polar surface area (TPSA) is 193 Å². The molecule has 36 heavy (non-hydrogen) atoms. The molecule has 0 spiro atoms. The van der Waals surface area contributed by atoms with E-state index in [0.717, 1.165) is 29.6 Å². The van der Waals surface area contributed by atoms with Gasteiger partial charge in [-0.25, -0.2) is 9.78 Å². The summed E-state index contributed by atoms with van der Waals surface area (Å²) in [5, 5.41) is 30.7. The summed E-state index contributed by atoms with van der Waals surface area (Å²) in [5.74, 6) is -1.65. The Morgan fingerprint density at radius 3 is 2.50 bits per heavy atom. The van der Waals surface area contributed by atoms with Gasteiger partial charge in [-0.2, -0.15) is 4.73 Å². The number of nitrogens with zero attached hydrogens (tertiary/aromatic N) is 3. The Bertz CT molecular complexity index is 1390. The molecule has 1 amide bonds. The molecule has 11 nitrogen and oxygen atoms in total. The van der Waals surface area contributed by atoms with E-state index < -0.39 is 5.97 Å². The molecule has 8 N–H and O–H groups in total. The second kappa shape index (κ2) is 10.3. The zero-order valence-corrected chi connectivity index (χ0v) is 19.4. The lowest BCUT2D eigenvalue weighted by Crippen LogP contribution is -2.31. The fourth-order valence-electron chi connectivity index (χ4n) is 3.84. The van der Waals surface area contributed by atoms with E-state index in [1.807, 2.05) is 0 Å². The van der Waals surface area contributed by atoms with Crippen LogP contribution in [0.5, 0.6) is 0 Å². The highest BCUT2D eigenvalue weighted by atomic mass is 16.5. The first-order valence-corrected chi connectivity index (χ1v) is 11.4. The Kier molecular flexibility index (Phi) is 7.00. The number of amidine groups is 1. The van der Waals surface area contributed by atoms with Crippen molar-refractivity contribution in [3.05, 3.63) is 76.5 Å². The van der Waals surface area contributed by atoms with Crippen molar-refractivity contribution in [2.45, 2.75) is 38.3 Å². The predicted molar refractivity (Wildman–Crippen MR) is 132 cm³/mol. The fraction of sp³-hybridized carbons (Fsp3) is 0.240. The molecule has 3 aromatic rings. The molecule has 0 saturated heterocycles. The Morgan fingerprint density at radius 1 is 1.17 bits per heavy atom. The minimum absolute atomic E-state index is 0.00188. The quantitative estimate of drug-likeness (QED) is 0.157. The van der Waals surface area contributed by atoms with E-state index in [2.05, 4.69) is 15.3 Å². The van der Waals surface area contributed by atoms with Gasteiger partial charge in [0.15, 0.2) is 11.2 Å². The number of carboxylic acids is 1. The molecule has 0 aliphatic heterocycles. The van der Waals surface area contributed by atoms with Crippen molar-refractivity contribution in [1.29, 1.82) is 5.41 Å². The van der Waals surface area contributed by atoms with Gasteiger partial charge in [-0.1, -0.05) is 24.3 Å². The molecule has 1 aromatic carbocycles. The molecule has 2 aromatic heterocycles. The van der Waals surface area contributed by atoms with Crippen molar-refractivity contribution in [2.24, 2.45) is 10.7 Å². The first kappa shape index (κ1) is 24.5. The number of carbonyl (C=O) groups excluding carboxylic acids is 1. The Morgan fingerprint density at radius 2 is 1.89 bits per heavy atom. The number of benzene rings is 1. The van der Waals surface area contributed by atoms with Crippen LogP contribution in [0.1, 0.15) is 46.6 Å². The number of carboxylic acid groups (broad SMARTS) is 1. The largest absolute Gasteiger partial charge is 0.477 e. The molecule has 1 saturated carbocycles. The summed E-state index contributed by atoms with van der Waals surface area (Å²) < 4.78 is 0.881. The van der Waals surface area contributed by atoms with Crippen LogP contribution in [0.3, 0.4) is 0 Å². The van der Waals surface area contributed by atoms with Gasteiger partial charge in [-0.3, -0.25) is 15.2 Å². The van der Waals surface area contributed by atoms with E-state index in [1.165, 1.54) is 12.1 Å². The van der Waals surface area contributed by atoms with Crippen LogP contribution in [0.25, 0.3) is 11.1 Å². The molecule has 2 heterocycles. The summed E-state index contributed by atoms with van der Waals surface area (Å²) in [6.45, 7) is 0.231. The van der Waals surface area contributed by atoms with E-state index in [1.54, 1.807) is 36.4 Å². The van der Waals surface area contributed by atoms with Crippen LogP contribution >= 0.6 is 0 Å². The Balaban J connectivity index is 1.64. The van der Waals surface area contributed by atoms with Gasteiger partial charge in [0.2, 0.25) is 5.91 Å². The number of hydrogen-bond donors (Lipinski definition) is 6. The van der Waals surface area contributed by atoms with Gasteiger partial charge < -0.3 is 27.1 Å². The number of aromatic nitrogens is 2. The smallest absolute Gasteiger partial charge is 0.354 e. The third-order valence-electron chi connectivity index (χ3n) is 6.03. The third kappa shape index (κ3) is 5.52. The van der Waals surface area contributed by atoms with Gasteiger partial charge in [0, 0.05) is 17.7 Å². The predicted octanol–water partition coefficient (Wildman–Crippen LogP) is 1.66. The highest BCUT2D eigenvalue weighted by molar-refractivity contribution is 5.94. The summed E-state index contributed by atoms with van der Waals surface area (Å²) in [7, 11) is 0. The van der Waals surface area contributed by atoms with Gasteiger partial charge in [-0.05, 0) is 54.7 Å². The molecular weight excluding hydrogens is 462 g/mol. The van der Waals surface area contributed by atoms with Gasteiger partial charge in [0.1, 0.15) is 11.7 Å². The number of aromatic carboxylic acids is 1. The molecule has 11 heteroatoms.